The number of halogens is 1. The molecule has 0 aliphatic carbocycles. The highest BCUT2D eigenvalue weighted by Gasteiger charge is 2.25. The smallest absolute Gasteiger partial charge is 0.0847 e. The molecule has 0 saturated carbocycles. The van der Waals surface area contributed by atoms with Crippen LogP contribution in [0, 0.1) is 12.8 Å². The van der Waals surface area contributed by atoms with E-state index in [1.165, 1.54) is 0 Å². The Morgan fingerprint density at radius 3 is 2.94 bits per heavy atom. The van der Waals surface area contributed by atoms with Crippen LogP contribution in [0.25, 0.3) is 0 Å². The molecular weight excluding hydrogens is 226 g/mol. The third kappa shape index (κ3) is 2.24. The number of rotatable bonds is 2. The molecule has 2 heterocycles. The van der Waals surface area contributed by atoms with Crippen molar-refractivity contribution in [1.82, 2.24) is 15.1 Å². The number of piperidine rings is 1. The van der Waals surface area contributed by atoms with E-state index in [0.29, 0.717) is 0 Å². The molecule has 1 fully saturated rings. The number of hydrogen-bond acceptors (Lipinski definition) is 3. The predicted octanol–water partition coefficient (Wildman–Crippen LogP) is 0.895. The summed E-state index contributed by atoms with van der Waals surface area (Å²) in [6.07, 6.45) is 1.37. The van der Waals surface area contributed by atoms with Crippen molar-refractivity contribution in [2.45, 2.75) is 25.9 Å². The van der Waals surface area contributed by atoms with Gasteiger partial charge in [0, 0.05) is 19.5 Å². The Labute approximate surface area is 101 Å². The molecule has 16 heavy (non-hydrogen) atoms. The van der Waals surface area contributed by atoms with Crippen LogP contribution in [0.5, 0.6) is 0 Å². The van der Waals surface area contributed by atoms with Crippen LogP contribution in [-0.4, -0.2) is 34.1 Å². The summed E-state index contributed by atoms with van der Waals surface area (Å²) < 4.78 is 1.82. The van der Waals surface area contributed by atoms with E-state index in [0.717, 1.165) is 42.3 Å². The van der Waals surface area contributed by atoms with Gasteiger partial charge in [0.05, 0.1) is 22.5 Å². The number of nitrogens with zero attached hydrogens (tertiary/aromatic N) is 2. The molecule has 1 saturated heterocycles. The Balaban J connectivity index is 2.13. The summed E-state index contributed by atoms with van der Waals surface area (Å²) in [5, 5.41) is 18.2. The molecule has 4 nitrogen and oxygen atoms in total. The van der Waals surface area contributed by atoms with Gasteiger partial charge in [0.25, 0.3) is 0 Å². The van der Waals surface area contributed by atoms with Crippen molar-refractivity contribution in [1.29, 1.82) is 0 Å². The van der Waals surface area contributed by atoms with E-state index >= 15 is 0 Å². The van der Waals surface area contributed by atoms with Crippen LogP contribution < -0.4 is 5.32 Å². The van der Waals surface area contributed by atoms with Gasteiger partial charge in [-0.05, 0) is 26.3 Å². The van der Waals surface area contributed by atoms with E-state index in [1.54, 1.807) is 0 Å². The Morgan fingerprint density at radius 1 is 1.62 bits per heavy atom. The molecule has 1 aliphatic rings. The second-order valence-corrected chi connectivity index (χ2v) is 4.87. The van der Waals surface area contributed by atoms with Crippen LogP contribution in [0.1, 0.15) is 17.8 Å². The van der Waals surface area contributed by atoms with Crippen LogP contribution in [0.3, 0.4) is 0 Å². The molecule has 2 atom stereocenters. The van der Waals surface area contributed by atoms with Crippen molar-refractivity contribution < 1.29 is 5.11 Å². The van der Waals surface area contributed by atoms with Gasteiger partial charge < -0.3 is 10.4 Å². The van der Waals surface area contributed by atoms with Gasteiger partial charge in [0.2, 0.25) is 0 Å². The minimum absolute atomic E-state index is 0.229. The fourth-order valence-electron chi connectivity index (χ4n) is 2.27. The third-order valence-corrected chi connectivity index (χ3v) is 3.78. The van der Waals surface area contributed by atoms with E-state index in [1.807, 2.05) is 18.7 Å². The van der Waals surface area contributed by atoms with Gasteiger partial charge >= 0.3 is 0 Å². The monoisotopic (exact) mass is 243 g/mol. The fraction of sp³-hybridized carbons (Fsp3) is 0.727. The van der Waals surface area contributed by atoms with Crippen LogP contribution in [0.4, 0.5) is 0 Å². The van der Waals surface area contributed by atoms with E-state index < -0.39 is 0 Å². The summed E-state index contributed by atoms with van der Waals surface area (Å²) >= 11 is 6.20. The normalized spacial score (nSPS) is 26.0. The SMILES string of the molecule is Cc1nn(C)c(CC2CNCCC2O)c1Cl. The molecule has 5 heteroatoms. The highest BCUT2D eigenvalue weighted by molar-refractivity contribution is 6.31. The molecule has 0 aromatic carbocycles. The summed E-state index contributed by atoms with van der Waals surface area (Å²) in [6, 6.07) is 0. The van der Waals surface area contributed by atoms with Crippen molar-refractivity contribution in [3.05, 3.63) is 16.4 Å². The van der Waals surface area contributed by atoms with Gasteiger partial charge in [-0.15, -0.1) is 0 Å². The number of aliphatic hydroxyl groups excluding tert-OH is 1. The lowest BCUT2D eigenvalue weighted by atomic mass is 9.91. The van der Waals surface area contributed by atoms with Gasteiger partial charge in [-0.2, -0.15) is 5.10 Å². The number of hydrogen-bond donors (Lipinski definition) is 2. The molecular formula is C11H18ClN3O. The van der Waals surface area contributed by atoms with Gasteiger partial charge in [-0.3, -0.25) is 4.68 Å². The number of aliphatic hydroxyl groups is 1. The molecule has 2 rings (SSSR count). The Kier molecular flexibility index (Phi) is 3.52. The lowest BCUT2D eigenvalue weighted by Crippen LogP contribution is -2.41. The minimum atomic E-state index is -0.229. The van der Waals surface area contributed by atoms with Crippen LogP contribution in [0.15, 0.2) is 0 Å². The molecule has 0 bridgehead atoms. The third-order valence-electron chi connectivity index (χ3n) is 3.28. The summed E-state index contributed by atoms with van der Waals surface area (Å²) in [5.41, 5.74) is 1.88. The molecule has 2 N–H and O–H groups in total. The molecule has 2 unspecified atom stereocenters. The molecule has 0 amide bonds. The summed E-state index contributed by atoms with van der Waals surface area (Å²) in [4.78, 5) is 0. The van der Waals surface area contributed by atoms with Crippen molar-refractivity contribution in [3.8, 4) is 0 Å². The molecule has 1 aliphatic heterocycles. The predicted molar refractivity (Wildman–Crippen MR) is 63.6 cm³/mol. The van der Waals surface area contributed by atoms with E-state index in [4.69, 9.17) is 11.6 Å². The molecule has 1 aromatic rings. The Bertz CT molecular complexity index is 378. The Morgan fingerprint density at radius 2 is 2.38 bits per heavy atom. The fourth-order valence-corrected chi connectivity index (χ4v) is 2.50. The van der Waals surface area contributed by atoms with Crippen LogP contribution >= 0.6 is 11.6 Å². The van der Waals surface area contributed by atoms with E-state index in [-0.39, 0.29) is 12.0 Å². The second-order valence-electron chi connectivity index (χ2n) is 4.49. The van der Waals surface area contributed by atoms with Crippen molar-refractivity contribution in [3.63, 3.8) is 0 Å². The maximum absolute atomic E-state index is 9.91. The number of aryl methyl sites for hydroxylation is 2. The highest BCUT2D eigenvalue weighted by atomic mass is 35.5. The van der Waals surface area contributed by atoms with Gasteiger partial charge in [-0.25, -0.2) is 0 Å². The molecule has 1 aromatic heterocycles. The second kappa shape index (κ2) is 4.73. The maximum Gasteiger partial charge on any atom is 0.0847 e. The first-order chi connectivity index (χ1) is 7.59. The first-order valence-electron chi connectivity index (χ1n) is 5.66. The van der Waals surface area contributed by atoms with Crippen molar-refractivity contribution in [2.24, 2.45) is 13.0 Å². The van der Waals surface area contributed by atoms with E-state index in [9.17, 15) is 5.11 Å². The minimum Gasteiger partial charge on any atom is -0.393 e. The highest BCUT2D eigenvalue weighted by Crippen LogP contribution is 2.24. The summed E-state index contributed by atoms with van der Waals surface area (Å²) in [7, 11) is 1.90. The standard InChI is InChI=1S/C11H18ClN3O/c1-7-11(12)9(15(2)14-7)5-8-6-13-4-3-10(8)16/h8,10,13,16H,3-6H2,1-2H3. The quantitative estimate of drug-likeness (QED) is 0.812. The average molecular weight is 244 g/mol. The maximum atomic E-state index is 9.91. The van der Waals surface area contributed by atoms with E-state index in [2.05, 4.69) is 10.4 Å². The summed E-state index contributed by atoms with van der Waals surface area (Å²) in [5.74, 6) is 0.237. The van der Waals surface area contributed by atoms with Crippen molar-refractivity contribution in [2.75, 3.05) is 13.1 Å². The molecule has 0 radical (unpaired) electrons. The topological polar surface area (TPSA) is 50.1 Å². The number of aromatic nitrogens is 2. The lowest BCUT2D eigenvalue weighted by molar-refractivity contribution is 0.0782. The number of nitrogens with one attached hydrogen (secondary N) is 1. The molecule has 0 spiro atoms. The zero-order chi connectivity index (χ0) is 11.7. The molecule has 90 valence electrons. The Hall–Kier alpha value is -0.580. The zero-order valence-corrected chi connectivity index (χ0v) is 10.5. The van der Waals surface area contributed by atoms with Gasteiger partial charge in [-0.1, -0.05) is 11.6 Å². The average Bonchev–Trinajstić information content (AvgIpc) is 2.48. The largest absolute Gasteiger partial charge is 0.393 e. The summed E-state index contributed by atoms with van der Waals surface area (Å²) in [6.45, 7) is 3.65. The lowest BCUT2D eigenvalue weighted by Gasteiger charge is -2.28. The van der Waals surface area contributed by atoms with Gasteiger partial charge in [0.1, 0.15) is 0 Å². The van der Waals surface area contributed by atoms with Gasteiger partial charge in [0.15, 0.2) is 0 Å². The first kappa shape index (κ1) is 11.9. The van der Waals surface area contributed by atoms with Crippen molar-refractivity contribution >= 4 is 11.6 Å². The zero-order valence-electron chi connectivity index (χ0n) is 9.70. The first-order valence-corrected chi connectivity index (χ1v) is 6.04. The van der Waals surface area contributed by atoms with Crippen LogP contribution in [-0.2, 0) is 13.5 Å². The van der Waals surface area contributed by atoms with Crippen LogP contribution in [0.2, 0.25) is 5.02 Å².